The van der Waals surface area contributed by atoms with Gasteiger partial charge < -0.3 is 19.9 Å². The highest BCUT2D eigenvalue weighted by Gasteiger charge is 2.22. The molecule has 0 bridgehead atoms. The van der Waals surface area contributed by atoms with Crippen molar-refractivity contribution >= 4 is 23.2 Å². The highest BCUT2D eigenvalue weighted by molar-refractivity contribution is 6.02. The van der Waals surface area contributed by atoms with Gasteiger partial charge in [-0.2, -0.15) is 0 Å². The second-order valence-electron chi connectivity index (χ2n) is 5.96. The number of methoxy groups -OCH3 is 1. The Balaban J connectivity index is 2.26. The van der Waals surface area contributed by atoms with Crippen molar-refractivity contribution in [2.24, 2.45) is 0 Å². The molecule has 1 aliphatic heterocycles. The van der Waals surface area contributed by atoms with Crippen molar-refractivity contribution in [2.45, 2.75) is 19.3 Å². The molecule has 0 aromatic heterocycles. The predicted octanol–water partition coefficient (Wildman–Crippen LogP) is 1.96. The molecule has 0 radical (unpaired) electrons. The number of rotatable bonds is 5. The fraction of sp³-hybridized carbons (Fsp3) is 0.529. The summed E-state index contributed by atoms with van der Waals surface area (Å²) in [6.07, 6.45) is 3.28. The van der Waals surface area contributed by atoms with E-state index in [0.717, 1.165) is 31.6 Å². The number of carbonyl (C=O) groups is 2. The van der Waals surface area contributed by atoms with E-state index in [2.05, 4.69) is 5.32 Å². The Morgan fingerprint density at radius 3 is 2.52 bits per heavy atom. The molecule has 23 heavy (non-hydrogen) atoms. The second-order valence-corrected chi connectivity index (χ2v) is 5.96. The molecule has 1 fully saturated rings. The third-order valence-corrected chi connectivity index (χ3v) is 3.91. The third kappa shape index (κ3) is 4.45. The molecule has 0 saturated carbocycles. The lowest BCUT2D eigenvalue weighted by molar-refractivity contribution is -0.119. The van der Waals surface area contributed by atoms with E-state index in [9.17, 15) is 9.59 Å². The summed E-state index contributed by atoms with van der Waals surface area (Å²) in [7, 11) is 5.29. The van der Waals surface area contributed by atoms with Gasteiger partial charge in [-0.1, -0.05) is 0 Å². The van der Waals surface area contributed by atoms with Gasteiger partial charge in [0.25, 0.3) is 5.91 Å². The Labute approximate surface area is 137 Å². The molecule has 1 heterocycles. The zero-order chi connectivity index (χ0) is 16.8. The number of likely N-dealkylation sites (tertiary alicyclic amines) is 1. The normalized spacial score (nSPS) is 14.5. The van der Waals surface area contributed by atoms with E-state index < -0.39 is 0 Å². The van der Waals surface area contributed by atoms with Crippen LogP contribution in [-0.2, 0) is 9.53 Å². The lowest BCUT2D eigenvalue weighted by Crippen LogP contribution is -2.36. The number of hydrogen-bond donors (Lipinski definition) is 1. The van der Waals surface area contributed by atoms with Gasteiger partial charge in [0.2, 0.25) is 5.91 Å². The van der Waals surface area contributed by atoms with Crippen molar-refractivity contribution in [1.82, 2.24) is 4.90 Å². The molecule has 2 amide bonds. The van der Waals surface area contributed by atoms with Crippen LogP contribution in [0.4, 0.5) is 11.4 Å². The van der Waals surface area contributed by atoms with Crippen molar-refractivity contribution in [1.29, 1.82) is 0 Å². The van der Waals surface area contributed by atoms with Gasteiger partial charge in [-0.15, -0.1) is 0 Å². The SMILES string of the molecule is COCC(=O)Nc1ccc(N(C)C)c(C(=O)N2CCCCC2)c1. The topological polar surface area (TPSA) is 61.9 Å². The molecule has 6 heteroatoms. The van der Waals surface area contributed by atoms with E-state index >= 15 is 0 Å². The molecule has 6 nitrogen and oxygen atoms in total. The molecular weight excluding hydrogens is 294 g/mol. The van der Waals surface area contributed by atoms with Gasteiger partial charge in [-0.25, -0.2) is 0 Å². The minimum atomic E-state index is -0.235. The fourth-order valence-electron chi connectivity index (χ4n) is 2.77. The summed E-state index contributed by atoms with van der Waals surface area (Å²) >= 11 is 0. The van der Waals surface area contributed by atoms with Gasteiger partial charge in [0.15, 0.2) is 0 Å². The van der Waals surface area contributed by atoms with Crippen LogP contribution >= 0.6 is 0 Å². The summed E-state index contributed by atoms with van der Waals surface area (Å²) in [5.41, 5.74) is 2.08. The largest absolute Gasteiger partial charge is 0.377 e. The number of anilines is 2. The number of carbonyl (C=O) groups excluding carboxylic acids is 2. The Morgan fingerprint density at radius 2 is 1.91 bits per heavy atom. The van der Waals surface area contributed by atoms with Crippen LogP contribution in [0.3, 0.4) is 0 Å². The summed E-state index contributed by atoms with van der Waals surface area (Å²) in [6.45, 7) is 1.59. The van der Waals surface area contributed by atoms with Crippen LogP contribution in [0.25, 0.3) is 0 Å². The zero-order valence-corrected chi connectivity index (χ0v) is 14.1. The van der Waals surface area contributed by atoms with Crippen molar-refractivity contribution in [3.63, 3.8) is 0 Å². The maximum Gasteiger partial charge on any atom is 0.256 e. The smallest absolute Gasteiger partial charge is 0.256 e. The summed E-state index contributed by atoms with van der Waals surface area (Å²) in [5, 5.41) is 2.75. The van der Waals surface area contributed by atoms with E-state index in [1.54, 1.807) is 12.1 Å². The first-order valence-corrected chi connectivity index (χ1v) is 7.92. The highest BCUT2D eigenvalue weighted by Crippen LogP contribution is 2.25. The number of nitrogens with zero attached hydrogens (tertiary/aromatic N) is 2. The molecule has 0 atom stereocenters. The Hall–Kier alpha value is -2.08. The Kier molecular flexibility index (Phi) is 5.98. The molecule has 0 aliphatic carbocycles. The standard InChI is InChI=1S/C17H25N3O3/c1-19(2)15-8-7-13(18-16(21)12-23-3)11-14(15)17(22)20-9-5-4-6-10-20/h7-8,11H,4-6,9-10,12H2,1-3H3,(H,18,21). The quantitative estimate of drug-likeness (QED) is 0.901. The van der Waals surface area contributed by atoms with Gasteiger partial charge in [0.1, 0.15) is 6.61 Å². The summed E-state index contributed by atoms with van der Waals surface area (Å²) in [4.78, 5) is 28.3. The molecule has 1 aliphatic rings. The molecule has 1 N–H and O–H groups in total. The maximum absolute atomic E-state index is 12.9. The maximum atomic E-state index is 12.9. The van der Waals surface area contributed by atoms with Gasteiger partial charge in [0.05, 0.1) is 5.56 Å². The van der Waals surface area contributed by atoms with Gasteiger partial charge >= 0.3 is 0 Å². The molecule has 1 saturated heterocycles. The van der Waals surface area contributed by atoms with Crippen LogP contribution in [0, 0.1) is 0 Å². The number of benzene rings is 1. The van der Waals surface area contributed by atoms with Crippen LogP contribution in [0.5, 0.6) is 0 Å². The van der Waals surface area contributed by atoms with E-state index in [4.69, 9.17) is 4.74 Å². The lowest BCUT2D eigenvalue weighted by Gasteiger charge is -2.28. The molecule has 126 valence electrons. The Bertz CT molecular complexity index is 566. The van der Waals surface area contributed by atoms with Gasteiger partial charge in [-0.3, -0.25) is 9.59 Å². The summed E-state index contributed by atoms with van der Waals surface area (Å²) in [5.74, 6) is -0.210. The fourth-order valence-corrected chi connectivity index (χ4v) is 2.77. The van der Waals surface area contributed by atoms with Crippen LogP contribution in [0.15, 0.2) is 18.2 Å². The van der Waals surface area contributed by atoms with Gasteiger partial charge in [-0.05, 0) is 37.5 Å². The van der Waals surface area contributed by atoms with Crippen LogP contribution in [-0.4, -0.2) is 57.6 Å². The van der Waals surface area contributed by atoms with Crippen LogP contribution < -0.4 is 10.2 Å². The Morgan fingerprint density at radius 1 is 1.22 bits per heavy atom. The monoisotopic (exact) mass is 319 g/mol. The third-order valence-electron chi connectivity index (χ3n) is 3.91. The van der Waals surface area contributed by atoms with Gasteiger partial charge in [0, 0.05) is 45.7 Å². The average molecular weight is 319 g/mol. The van der Waals surface area contributed by atoms with Crippen molar-refractivity contribution in [3.05, 3.63) is 23.8 Å². The summed E-state index contributed by atoms with van der Waals surface area (Å²) in [6, 6.07) is 5.41. The second kappa shape index (κ2) is 7.97. The molecule has 0 spiro atoms. The minimum absolute atomic E-state index is 0.00909. The first-order chi connectivity index (χ1) is 11.0. The van der Waals surface area contributed by atoms with Crippen molar-refractivity contribution in [3.8, 4) is 0 Å². The summed E-state index contributed by atoms with van der Waals surface area (Å²) < 4.78 is 4.82. The number of amides is 2. The van der Waals surface area contributed by atoms with E-state index in [0.29, 0.717) is 11.3 Å². The average Bonchev–Trinajstić information content (AvgIpc) is 2.55. The molecule has 1 aromatic rings. The molecular formula is C17H25N3O3. The first-order valence-electron chi connectivity index (χ1n) is 7.92. The minimum Gasteiger partial charge on any atom is -0.377 e. The number of ether oxygens (including phenoxy) is 1. The van der Waals surface area contributed by atoms with Crippen LogP contribution in [0.1, 0.15) is 29.6 Å². The zero-order valence-electron chi connectivity index (χ0n) is 14.1. The number of piperidine rings is 1. The molecule has 0 unspecified atom stereocenters. The van der Waals surface area contributed by atoms with E-state index in [1.807, 2.05) is 30.0 Å². The van der Waals surface area contributed by atoms with Crippen molar-refractivity contribution < 1.29 is 14.3 Å². The van der Waals surface area contributed by atoms with Crippen LogP contribution in [0.2, 0.25) is 0 Å². The predicted molar refractivity (Wildman–Crippen MR) is 91.0 cm³/mol. The highest BCUT2D eigenvalue weighted by atomic mass is 16.5. The number of nitrogens with one attached hydrogen (secondary N) is 1. The van der Waals surface area contributed by atoms with Crippen molar-refractivity contribution in [2.75, 3.05) is 51.1 Å². The molecule has 2 rings (SSSR count). The lowest BCUT2D eigenvalue weighted by atomic mass is 10.1. The number of hydrogen-bond acceptors (Lipinski definition) is 4. The molecule has 1 aromatic carbocycles. The first kappa shape index (κ1) is 17.3. The van der Waals surface area contributed by atoms with E-state index in [1.165, 1.54) is 13.5 Å². The van der Waals surface area contributed by atoms with E-state index in [-0.39, 0.29) is 18.4 Å².